The molecule has 0 aliphatic heterocycles. The van der Waals surface area contributed by atoms with Gasteiger partial charge in [-0.05, 0) is 72.8 Å². The predicted molar refractivity (Wildman–Crippen MR) is 136 cm³/mol. The van der Waals surface area contributed by atoms with Crippen LogP contribution in [0.3, 0.4) is 0 Å². The van der Waals surface area contributed by atoms with Gasteiger partial charge in [0.25, 0.3) is 0 Å². The third-order valence-electron chi connectivity index (χ3n) is 5.22. The minimum absolute atomic E-state index is 0.0328. The van der Waals surface area contributed by atoms with Crippen LogP contribution in [0.5, 0.6) is 23.0 Å². The van der Waals surface area contributed by atoms with Crippen molar-refractivity contribution >= 4 is 17.3 Å². The molecule has 3 aromatic carbocycles. The number of anilines is 2. The summed E-state index contributed by atoms with van der Waals surface area (Å²) in [6, 6.07) is 23.8. The van der Waals surface area contributed by atoms with Crippen LogP contribution in [-0.4, -0.2) is 34.2 Å². The monoisotopic (exact) mass is 472 g/mol. The molecule has 0 saturated heterocycles. The first-order chi connectivity index (χ1) is 16.9. The predicted octanol–water partition coefficient (Wildman–Crippen LogP) is 6.35. The lowest BCUT2D eigenvalue weighted by Gasteiger charge is -2.15. The van der Waals surface area contributed by atoms with Gasteiger partial charge < -0.3 is 28.4 Å². The number of carbonyl (C=O) groups is 1. The lowest BCUT2D eigenvalue weighted by Crippen LogP contribution is -2.08. The zero-order chi connectivity index (χ0) is 24.8. The van der Waals surface area contributed by atoms with E-state index in [0.29, 0.717) is 34.3 Å². The summed E-state index contributed by atoms with van der Waals surface area (Å²) in [6.07, 6.45) is 1.53. The maximum Gasteiger partial charge on any atom is 0.338 e. The SMILES string of the molecule is CN(C)c1ccc(Oc2cc(Oc3ccc(N(C)C)cc3)cc(C(=O)OCc3ccco3)c2)cc1. The smallest absolute Gasteiger partial charge is 0.338 e. The molecule has 0 radical (unpaired) electrons. The van der Waals surface area contributed by atoms with Gasteiger partial charge in [-0.25, -0.2) is 4.79 Å². The maximum atomic E-state index is 12.8. The normalized spacial score (nSPS) is 10.5. The highest BCUT2D eigenvalue weighted by Crippen LogP contribution is 2.32. The summed E-state index contributed by atoms with van der Waals surface area (Å²) in [4.78, 5) is 16.8. The summed E-state index contributed by atoms with van der Waals surface area (Å²) in [5.41, 5.74) is 2.41. The summed E-state index contributed by atoms with van der Waals surface area (Å²) >= 11 is 0. The van der Waals surface area contributed by atoms with Crippen LogP contribution >= 0.6 is 0 Å². The molecule has 0 spiro atoms. The Morgan fingerprint density at radius 3 is 1.66 bits per heavy atom. The highest BCUT2D eigenvalue weighted by atomic mass is 16.5. The Labute approximate surface area is 205 Å². The minimum atomic E-state index is -0.511. The van der Waals surface area contributed by atoms with E-state index in [-0.39, 0.29) is 6.61 Å². The molecular weight excluding hydrogens is 444 g/mol. The van der Waals surface area contributed by atoms with Crippen LogP contribution < -0.4 is 19.3 Å². The van der Waals surface area contributed by atoms with Gasteiger partial charge in [0, 0.05) is 45.6 Å². The first kappa shape index (κ1) is 23.8. The van der Waals surface area contributed by atoms with E-state index < -0.39 is 5.97 Å². The number of esters is 1. The Morgan fingerprint density at radius 1 is 0.714 bits per heavy atom. The number of rotatable bonds is 9. The Morgan fingerprint density at radius 2 is 1.23 bits per heavy atom. The Hall–Kier alpha value is -4.39. The highest BCUT2D eigenvalue weighted by Gasteiger charge is 2.14. The lowest BCUT2D eigenvalue weighted by atomic mass is 10.2. The van der Waals surface area contributed by atoms with Crippen molar-refractivity contribution in [3.63, 3.8) is 0 Å². The van der Waals surface area contributed by atoms with Crippen molar-refractivity contribution in [1.29, 1.82) is 0 Å². The van der Waals surface area contributed by atoms with Crippen molar-refractivity contribution in [3.8, 4) is 23.0 Å². The Bertz CT molecular complexity index is 1180. The number of ether oxygens (including phenoxy) is 3. The molecule has 0 amide bonds. The maximum absolute atomic E-state index is 12.8. The van der Waals surface area contributed by atoms with Crippen LogP contribution in [0.4, 0.5) is 11.4 Å². The van der Waals surface area contributed by atoms with Gasteiger partial charge >= 0.3 is 5.97 Å². The van der Waals surface area contributed by atoms with Crippen LogP contribution in [0.2, 0.25) is 0 Å². The molecule has 0 aliphatic rings. The van der Waals surface area contributed by atoms with Crippen molar-refractivity contribution in [2.24, 2.45) is 0 Å². The van der Waals surface area contributed by atoms with Gasteiger partial charge in [-0.3, -0.25) is 0 Å². The molecule has 1 heterocycles. The van der Waals surface area contributed by atoms with E-state index in [1.807, 2.05) is 86.5 Å². The third kappa shape index (κ3) is 6.35. The molecule has 0 saturated carbocycles. The third-order valence-corrected chi connectivity index (χ3v) is 5.22. The molecule has 4 rings (SSSR count). The van der Waals surface area contributed by atoms with Crippen LogP contribution in [0.1, 0.15) is 16.1 Å². The summed E-state index contributed by atoms with van der Waals surface area (Å²) in [5, 5.41) is 0. The van der Waals surface area contributed by atoms with Gasteiger partial charge in [0.2, 0.25) is 0 Å². The van der Waals surface area contributed by atoms with E-state index in [1.54, 1.807) is 30.3 Å². The zero-order valence-corrected chi connectivity index (χ0v) is 20.2. The largest absolute Gasteiger partial charge is 0.466 e. The summed E-state index contributed by atoms with van der Waals surface area (Å²) < 4.78 is 22.8. The van der Waals surface area contributed by atoms with E-state index >= 15 is 0 Å². The van der Waals surface area contributed by atoms with Gasteiger partial charge in [0.05, 0.1) is 11.8 Å². The number of furan rings is 1. The molecule has 0 unspecified atom stereocenters. The molecule has 1 aromatic heterocycles. The second-order valence-corrected chi connectivity index (χ2v) is 8.33. The fourth-order valence-corrected chi connectivity index (χ4v) is 3.32. The molecule has 35 heavy (non-hydrogen) atoms. The number of hydrogen-bond donors (Lipinski definition) is 0. The standard InChI is InChI=1S/C28H28N2O5/c1-29(2)21-7-11-23(12-8-21)34-26-16-20(28(31)33-19-25-6-5-15-32-25)17-27(18-26)35-24-13-9-22(10-14-24)30(3)4/h5-18H,19H2,1-4H3. The second-order valence-electron chi connectivity index (χ2n) is 8.33. The first-order valence-electron chi connectivity index (χ1n) is 11.1. The van der Waals surface area contributed by atoms with Crippen LogP contribution in [-0.2, 0) is 11.3 Å². The molecule has 0 atom stereocenters. The molecule has 0 fully saturated rings. The van der Waals surface area contributed by atoms with Crippen molar-refractivity contribution in [2.75, 3.05) is 38.0 Å². The number of benzene rings is 3. The quantitative estimate of drug-likeness (QED) is 0.263. The molecule has 7 nitrogen and oxygen atoms in total. The molecule has 180 valence electrons. The number of nitrogens with zero attached hydrogens (tertiary/aromatic N) is 2. The molecule has 4 aromatic rings. The average molecular weight is 473 g/mol. The molecule has 0 aliphatic carbocycles. The van der Waals surface area contributed by atoms with E-state index in [0.717, 1.165) is 11.4 Å². The van der Waals surface area contributed by atoms with Crippen LogP contribution in [0.15, 0.2) is 89.5 Å². The van der Waals surface area contributed by atoms with Gasteiger partial charge in [-0.2, -0.15) is 0 Å². The number of hydrogen-bond acceptors (Lipinski definition) is 7. The Balaban J connectivity index is 1.58. The van der Waals surface area contributed by atoms with Gasteiger partial charge in [-0.15, -0.1) is 0 Å². The summed E-state index contributed by atoms with van der Waals surface area (Å²) in [6.45, 7) is 0.0328. The second kappa shape index (κ2) is 10.7. The van der Waals surface area contributed by atoms with E-state index in [9.17, 15) is 4.79 Å². The van der Waals surface area contributed by atoms with Gasteiger partial charge in [0.1, 0.15) is 35.4 Å². The zero-order valence-electron chi connectivity index (χ0n) is 20.2. The van der Waals surface area contributed by atoms with Gasteiger partial charge in [0.15, 0.2) is 0 Å². The van der Waals surface area contributed by atoms with Crippen molar-refractivity contribution in [2.45, 2.75) is 6.61 Å². The van der Waals surface area contributed by atoms with Crippen LogP contribution in [0.25, 0.3) is 0 Å². The molecule has 0 bridgehead atoms. The molecular formula is C28H28N2O5. The van der Waals surface area contributed by atoms with Crippen molar-refractivity contribution in [1.82, 2.24) is 0 Å². The van der Waals surface area contributed by atoms with Crippen molar-refractivity contribution < 1.29 is 23.4 Å². The molecule has 0 N–H and O–H groups in total. The van der Waals surface area contributed by atoms with E-state index in [4.69, 9.17) is 18.6 Å². The Kier molecular flexibility index (Phi) is 7.26. The first-order valence-corrected chi connectivity index (χ1v) is 11.1. The fraction of sp³-hybridized carbons (Fsp3) is 0.179. The minimum Gasteiger partial charge on any atom is -0.466 e. The van der Waals surface area contributed by atoms with Crippen LogP contribution in [0, 0.1) is 0 Å². The van der Waals surface area contributed by atoms with E-state index in [2.05, 4.69) is 0 Å². The van der Waals surface area contributed by atoms with E-state index in [1.165, 1.54) is 6.26 Å². The lowest BCUT2D eigenvalue weighted by molar-refractivity contribution is 0.0445. The summed E-state index contributed by atoms with van der Waals surface area (Å²) in [7, 11) is 7.90. The summed E-state index contributed by atoms with van der Waals surface area (Å²) in [5.74, 6) is 2.23. The number of carbonyl (C=O) groups excluding carboxylic acids is 1. The highest BCUT2D eigenvalue weighted by molar-refractivity contribution is 5.90. The average Bonchev–Trinajstić information content (AvgIpc) is 3.37. The molecule has 7 heteroatoms. The fourth-order valence-electron chi connectivity index (χ4n) is 3.32. The van der Waals surface area contributed by atoms with Gasteiger partial charge in [-0.1, -0.05) is 0 Å². The van der Waals surface area contributed by atoms with Crippen molar-refractivity contribution in [3.05, 3.63) is 96.4 Å². The topological polar surface area (TPSA) is 64.4 Å².